The summed E-state index contributed by atoms with van der Waals surface area (Å²) >= 11 is 0. The van der Waals surface area contributed by atoms with E-state index in [4.69, 9.17) is 4.74 Å². The number of rotatable bonds is 5. The normalized spacial score (nSPS) is 10.4. The molecule has 3 amide bonds. The van der Waals surface area contributed by atoms with E-state index in [0.717, 1.165) is 28.1 Å². The Morgan fingerprint density at radius 2 is 1.85 bits per heavy atom. The monoisotopic (exact) mass is 372 g/mol. The zero-order valence-corrected chi connectivity index (χ0v) is 16.2. The molecule has 0 radical (unpaired) electrons. The molecule has 0 atom stereocenters. The maximum absolute atomic E-state index is 11.9. The van der Waals surface area contributed by atoms with Crippen LogP contribution in [0.5, 0.6) is 0 Å². The average molecular weight is 372 g/mol. The molecule has 0 unspecified atom stereocenters. The van der Waals surface area contributed by atoms with Gasteiger partial charge in [0.05, 0.1) is 12.1 Å². The number of anilines is 1. The minimum atomic E-state index is -0.703. The third-order valence-corrected chi connectivity index (χ3v) is 4.23. The van der Waals surface area contributed by atoms with Crippen LogP contribution in [-0.2, 0) is 27.8 Å². The van der Waals surface area contributed by atoms with Crippen molar-refractivity contribution in [3.63, 3.8) is 0 Å². The van der Waals surface area contributed by atoms with Gasteiger partial charge in [-0.25, -0.2) is 4.79 Å². The molecule has 0 fully saturated rings. The largest absolute Gasteiger partial charge is 0.455 e. The van der Waals surface area contributed by atoms with Crippen molar-refractivity contribution in [3.05, 3.63) is 46.3 Å². The SMILES string of the molecule is Cc1ccc(NC(=O)NC(=O)COC(=O)Cc2c(C)nn(C)c2C)c(C)c1. The minimum absolute atomic E-state index is 0.0214. The van der Waals surface area contributed by atoms with Gasteiger partial charge in [0.1, 0.15) is 0 Å². The van der Waals surface area contributed by atoms with E-state index in [-0.39, 0.29) is 6.42 Å². The van der Waals surface area contributed by atoms with Gasteiger partial charge in [0.15, 0.2) is 6.61 Å². The summed E-state index contributed by atoms with van der Waals surface area (Å²) in [4.78, 5) is 35.6. The van der Waals surface area contributed by atoms with Crippen LogP contribution in [0.3, 0.4) is 0 Å². The Bertz CT molecular complexity index is 886. The van der Waals surface area contributed by atoms with E-state index in [0.29, 0.717) is 5.69 Å². The second kappa shape index (κ2) is 8.48. The summed E-state index contributed by atoms with van der Waals surface area (Å²) in [5.41, 5.74) is 4.93. The summed E-state index contributed by atoms with van der Waals surface area (Å²) in [6, 6.07) is 4.85. The molecule has 0 spiro atoms. The first-order chi connectivity index (χ1) is 12.7. The number of nitrogens with zero attached hydrogens (tertiary/aromatic N) is 2. The highest BCUT2D eigenvalue weighted by Gasteiger charge is 2.16. The number of ether oxygens (including phenoxy) is 1. The first kappa shape index (κ1) is 20.2. The van der Waals surface area contributed by atoms with Gasteiger partial charge in [-0.05, 0) is 39.3 Å². The summed E-state index contributed by atoms with van der Waals surface area (Å²) in [5.74, 6) is -1.26. The second-order valence-corrected chi connectivity index (χ2v) is 6.43. The lowest BCUT2D eigenvalue weighted by atomic mass is 10.1. The molecule has 8 heteroatoms. The molecule has 2 aromatic rings. The summed E-state index contributed by atoms with van der Waals surface area (Å²) in [5, 5.41) is 8.95. The van der Waals surface area contributed by atoms with Crippen LogP contribution in [0.2, 0.25) is 0 Å². The third kappa shape index (κ3) is 5.40. The van der Waals surface area contributed by atoms with Crippen LogP contribution >= 0.6 is 0 Å². The molecule has 0 bridgehead atoms. The predicted molar refractivity (Wildman–Crippen MR) is 100 cm³/mol. The summed E-state index contributed by atoms with van der Waals surface area (Å²) < 4.78 is 6.63. The number of urea groups is 1. The fourth-order valence-electron chi connectivity index (χ4n) is 2.68. The molecule has 0 aliphatic rings. The number of imide groups is 1. The lowest BCUT2D eigenvalue weighted by molar-refractivity contribution is -0.147. The fraction of sp³-hybridized carbons (Fsp3) is 0.368. The molecule has 0 aliphatic carbocycles. The topological polar surface area (TPSA) is 102 Å². The minimum Gasteiger partial charge on any atom is -0.455 e. The van der Waals surface area contributed by atoms with Crippen LogP contribution in [0.15, 0.2) is 18.2 Å². The number of hydrogen-bond acceptors (Lipinski definition) is 5. The molecule has 2 rings (SSSR count). The van der Waals surface area contributed by atoms with E-state index < -0.39 is 24.5 Å². The number of hydrogen-bond donors (Lipinski definition) is 2. The molecular weight excluding hydrogens is 348 g/mol. The highest BCUT2D eigenvalue weighted by Crippen LogP contribution is 2.15. The fourth-order valence-corrected chi connectivity index (χ4v) is 2.68. The van der Waals surface area contributed by atoms with Crippen molar-refractivity contribution in [3.8, 4) is 0 Å². The number of carbonyl (C=O) groups excluding carboxylic acids is 3. The molecule has 0 saturated heterocycles. The van der Waals surface area contributed by atoms with Crippen LogP contribution in [0, 0.1) is 27.7 Å². The van der Waals surface area contributed by atoms with Crippen LogP contribution in [0.1, 0.15) is 28.1 Å². The Morgan fingerprint density at radius 1 is 1.15 bits per heavy atom. The lowest BCUT2D eigenvalue weighted by Crippen LogP contribution is -2.37. The van der Waals surface area contributed by atoms with Crippen LogP contribution in [0.4, 0.5) is 10.5 Å². The maximum atomic E-state index is 11.9. The Kier molecular flexibility index (Phi) is 6.33. The molecule has 8 nitrogen and oxygen atoms in total. The second-order valence-electron chi connectivity index (χ2n) is 6.43. The molecular formula is C19H24N4O4. The van der Waals surface area contributed by atoms with E-state index in [1.54, 1.807) is 24.7 Å². The maximum Gasteiger partial charge on any atom is 0.325 e. The van der Waals surface area contributed by atoms with Crippen LogP contribution in [-0.4, -0.2) is 34.3 Å². The molecule has 0 aliphatic heterocycles. The number of carbonyl (C=O) groups is 3. The zero-order valence-electron chi connectivity index (χ0n) is 16.2. The Balaban J connectivity index is 1.81. The quantitative estimate of drug-likeness (QED) is 0.783. The molecule has 2 N–H and O–H groups in total. The molecule has 1 aromatic carbocycles. The van der Waals surface area contributed by atoms with Gasteiger partial charge in [-0.3, -0.25) is 19.6 Å². The van der Waals surface area contributed by atoms with Gasteiger partial charge in [-0.15, -0.1) is 0 Å². The zero-order chi connectivity index (χ0) is 20.1. The van der Waals surface area contributed by atoms with Crippen LogP contribution < -0.4 is 10.6 Å². The molecule has 27 heavy (non-hydrogen) atoms. The van der Waals surface area contributed by atoms with Gasteiger partial charge in [0.25, 0.3) is 5.91 Å². The number of esters is 1. The van der Waals surface area contributed by atoms with E-state index >= 15 is 0 Å². The van der Waals surface area contributed by atoms with Gasteiger partial charge < -0.3 is 10.1 Å². The molecule has 1 heterocycles. The first-order valence-electron chi connectivity index (χ1n) is 8.50. The standard InChI is InChI=1S/C19H24N4O4/c1-11-6-7-16(12(2)8-11)20-19(26)21-17(24)10-27-18(25)9-15-13(3)22-23(5)14(15)4/h6-8H,9-10H2,1-5H3,(H2,20,21,24,26). The Hall–Kier alpha value is -3.16. The van der Waals surface area contributed by atoms with Crippen molar-refractivity contribution in [1.82, 2.24) is 15.1 Å². The van der Waals surface area contributed by atoms with Crippen molar-refractivity contribution < 1.29 is 19.1 Å². The summed E-state index contributed by atoms with van der Waals surface area (Å²) in [6.07, 6.45) is 0.0214. The van der Waals surface area contributed by atoms with Crippen molar-refractivity contribution in [2.24, 2.45) is 7.05 Å². The van der Waals surface area contributed by atoms with Gasteiger partial charge in [-0.1, -0.05) is 17.7 Å². The number of aryl methyl sites for hydroxylation is 4. The highest BCUT2D eigenvalue weighted by atomic mass is 16.5. The number of benzene rings is 1. The lowest BCUT2D eigenvalue weighted by Gasteiger charge is -2.10. The molecule has 1 aromatic heterocycles. The predicted octanol–water partition coefficient (Wildman–Crippen LogP) is 2.09. The van der Waals surface area contributed by atoms with Crippen LogP contribution in [0.25, 0.3) is 0 Å². The molecule has 144 valence electrons. The first-order valence-corrected chi connectivity index (χ1v) is 8.50. The number of amides is 3. The van der Waals surface area contributed by atoms with E-state index in [2.05, 4.69) is 15.7 Å². The van der Waals surface area contributed by atoms with E-state index in [9.17, 15) is 14.4 Å². The van der Waals surface area contributed by atoms with Gasteiger partial charge in [-0.2, -0.15) is 5.10 Å². The van der Waals surface area contributed by atoms with Crippen molar-refractivity contribution in [2.45, 2.75) is 34.1 Å². The van der Waals surface area contributed by atoms with Crippen molar-refractivity contribution >= 4 is 23.6 Å². The smallest absolute Gasteiger partial charge is 0.325 e. The number of nitrogens with one attached hydrogen (secondary N) is 2. The summed E-state index contributed by atoms with van der Waals surface area (Å²) in [7, 11) is 1.79. The highest BCUT2D eigenvalue weighted by molar-refractivity contribution is 6.02. The van der Waals surface area contributed by atoms with E-state index in [1.807, 2.05) is 32.9 Å². The van der Waals surface area contributed by atoms with Gasteiger partial charge in [0, 0.05) is 24.0 Å². The third-order valence-electron chi connectivity index (χ3n) is 4.23. The molecule has 0 saturated carbocycles. The Morgan fingerprint density at radius 3 is 2.44 bits per heavy atom. The van der Waals surface area contributed by atoms with Crippen molar-refractivity contribution in [1.29, 1.82) is 0 Å². The van der Waals surface area contributed by atoms with E-state index in [1.165, 1.54) is 0 Å². The van der Waals surface area contributed by atoms with Gasteiger partial charge in [0.2, 0.25) is 0 Å². The average Bonchev–Trinajstić information content (AvgIpc) is 2.82. The van der Waals surface area contributed by atoms with Crippen molar-refractivity contribution in [2.75, 3.05) is 11.9 Å². The summed E-state index contributed by atoms with van der Waals surface area (Å²) in [6.45, 7) is 6.93. The number of aromatic nitrogens is 2. The van der Waals surface area contributed by atoms with Gasteiger partial charge >= 0.3 is 12.0 Å². The Labute approximate surface area is 157 Å².